The molecule has 7 heteroatoms. The first-order chi connectivity index (χ1) is 15.5. The number of rotatable bonds is 6. The lowest BCUT2D eigenvalue weighted by Crippen LogP contribution is -2.26. The fraction of sp³-hybridized carbons (Fsp3) is 0.160. The van der Waals surface area contributed by atoms with Crippen LogP contribution in [0.25, 0.3) is 0 Å². The van der Waals surface area contributed by atoms with Crippen LogP contribution in [0.4, 0.5) is 15.8 Å². The summed E-state index contributed by atoms with van der Waals surface area (Å²) in [5, 5.41) is 9.00. The summed E-state index contributed by atoms with van der Waals surface area (Å²) in [6, 6.07) is 21.0. The summed E-state index contributed by atoms with van der Waals surface area (Å²) in [5.41, 5.74) is 3.20. The van der Waals surface area contributed by atoms with Crippen molar-refractivity contribution >= 4 is 29.0 Å². The summed E-state index contributed by atoms with van der Waals surface area (Å²) in [5.74, 6) is -1.57. The Morgan fingerprint density at radius 1 is 1.00 bits per heavy atom. The number of hydrogen-bond acceptors (Lipinski definition) is 5. The van der Waals surface area contributed by atoms with Crippen molar-refractivity contribution in [1.82, 2.24) is 0 Å². The number of nitrogens with one attached hydrogen (secondary N) is 1. The Labute approximate surface area is 185 Å². The van der Waals surface area contributed by atoms with Gasteiger partial charge in [0, 0.05) is 29.9 Å². The van der Waals surface area contributed by atoms with E-state index in [-0.39, 0.29) is 0 Å². The van der Waals surface area contributed by atoms with Crippen molar-refractivity contribution in [2.75, 3.05) is 16.9 Å². The highest BCUT2D eigenvalue weighted by Crippen LogP contribution is 2.24. The van der Waals surface area contributed by atoms with Crippen molar-refractivity contribution in [2.45, 2.75) is 19.4 Å². The third kappa shape index (κ3) is 5.00. The van der Waals surface area contributed by atoms with Crippen LogP contribution in [0.3, 0.4) is 0 Å². The molecule has 0 spiro atoms. The Bertz CT molecular complexity index is 1130. The molecular weight excluding hydrogens is 409 g/mol. The van der Waals surface area contributed by atoms with Gasteiger partial charge in [-0.3, -0.25) is 9.80 Å². The lowest BCUT2D eigenvalue weighted by atomic mass is 10.1. The largest absolute Gasteiger partial charge is 0.444 e. The fourth-order valence-corrected chi connectivity index (χ4v) is 3.35. The molecule has 1 aliphatic heterocycles. The topological polar surface area (TPSA) is 71.0 Å². The van der Waals surface area contributed by atoms with Gasteiger partial charge in [-0.25, -0.2) is 9.18 Å². The minimum absolute atomic E-state index is 0.323. The highest BCUT2D eigenvalue weighted by Gasteiger charge is 2.26. The SMILES string of the molecule is CC1=NN(c2ccc(C(=O)OC(C(=O)Nc3ccc(F)cc3)c3ccccc3)cc2)CC1. The highest BCUT2D eigenvalue weighted by molar-refractivity contribution is 5.98. The predicted molar refractivity (Wildman–Crippen MR) is 121 cm³/mol. The van der Waals surface area contributed by atoms with Gasteiger partial charge in [-0.05, 0) is 55.5 Å². The molecule has 0 saturated heterocycles. The van der Waals surface area contributed by atoms with Gasteiger partial charge in [0.15, 0.2) is 0 Å². The van der Waals surface area contributed by atoms with Crippen LogP contribution >= 0.6 is 0 Å². The zero-order valence-corrected chi connectivity index (χ0v) is 17.5. The van der Waals surface area contributed by atoms with Crippen LogP contribution < -0.4 is 10.3 Å². The molecule has 0 aromatic heterocycles. The maximum absolute atomic E-state index is 13.2. The minimum Gasteiger partial charge on any atom is -0.444 e. The van der Waals surface area contributed by atoms with Crippen molar-refractivity contribution in [2.24, 2.45) is 5.10 Å². The van der Waals surface area contributed by atoms with E-state index in [4.69, 9.17) is 4.74 Å². The van der Waals surface area contributed by atoms with Gasteiger partial charge in [-0.1, -0.05) is 30.3 Å². The summed E-state index contributed by atoms with van der Waals surface area (Å²) in [6.07, 6.45) is -0.259. The van der Waals surface area contributed by atoms with E-state index < -0.39 is 23.8 Å². The maximum atomic E-state index is 13.2. The molecule has 0 aliphatic carbocycles. The van der Waals surface area contributed by atoms with Crippen molar-refractivity contribution in [3.63, 3.8) is 0 Å². The number of amides is 1. The van der Waals surface area contributed by atoms with E-state index in [0.29, 0.717) is 16.8 Å². The van der Waals surface area contributed by atoms with Crippen LogP contribution in [0.1, 0.15) is 35.4 Å². The van der Waals surface area contributed by atoms with Crippen molar-refractivity contribution in [1.29, 1.82) is 0 Å². The monoisotopic (exact) mass is 431 g/mol. The Hall–Kier alpha value is -4.00. The molecule has 0 saturated carbocycles. The van der Waals surface area contributed by atoms with E-state index in [1.54, 1.807) is 48.5 Å². The molecule has 1 aliphatic rings. The molecule has 1 heterocycles. The Morgan fingerprint density at radius 2 is 1.69 bits per heavy atom. The molecule has 6 nitrogen and oxygen atoms in total. The Kier molecular flexibility index (Phi) is 6.26. The van der Waals surface area contributed by atoms with E-state index >= 15 is 0 Å². The van der Waals surface area contributed by atoms with Gasteiger partial charge in [-0.2, -0.15) is 5.10 Å². The maximum Gasteiger partial charge on any atom is 0.339 e. The van der Waals surface area contributed by atoms with E-state index in [9.17, 15) is 14.0 Å². The smallest absolute Gasteiger partial charge is 0.339 e. The predicted octanol–water partition coefficient (Wildman–Crippen LogP) is 4.95. The lowest BCUT2D eigenvalue weighted by molar-refractivity contribution is -0.125. The standard InChI is InChI=1S/C25H22FN3O3/c1-17-15-16-29(28-17)22-13-7-19(8-14-22)25(31)32-23(18-5-3-2-4-6-18)24(30)27-21-11-9-20(26)10-12-21/h2-14,23H,15-16H2,1H3,(H,27,30). The van der Waals surface area contributed by atoms with Crippen LogP contribution in [0.2, 0.25) is 0 Å². The third-order valence-electron chi connectivity index (χ3n) is 5.05. The molecule has 1 amide bonds. The molecule has 3 aromatic carbocycles. The number of hydrogen-bond donors (Lipinski definition) is 1. The Balaban J connectivity index is 1.51. The summed E-state index contributed by atoms with van der Waals surface area (Å²) in [4.78, 5) is 25.7. The van der Waals surface area contributed by atoms with Crippen LogP contribution in [0, 0.1) is 5.82 Å². The number of carbonyl (C=O) groups excluding carboxylic acids is 2. The molecule has 1 atom stereocenters. The van der Waals surface area contributed by atoms with Crippen LogP contribution in [-0.2, 0) is 9.53 Å². The van der Waals surface area contributed by atoms with Crippen molar-refractivity contribution in [3.05, 3.63) is 95.8 Å². The molecule has 4 rings (SSSR count). The average molecular weight is 431 g/mol. The number of hydrazone groups is 1. The number of halogens is 1. The average Bonchev–Trinajstić information content (AvgIpc) is 3.25. The third-order valence-corrected chi connectivity index (χ3v) is 5.05. The first kappa shape index (κ1) is 21.2. The molecule has 0 fully saturated rings. The minimum atomic E-state index is -1.17. The number of benzene rings is 3. The highest BCUT2D eigenvalue weighted by atomic mass is 19.1. The second-order valence-corrected chi connectivity index (χ2v) is 7.45. The van der Waals surface area contributed by atoms with Crippen LogP contribution in [-0.4, -0.2) is 24.1 Å². The van der Waals surface area contributed by atoms with Gasteiger partial charge in [0.25, 0.3) is 5.91 Å². The quantitative estimate of drug-likeness (QED) is 0.561. The van der Waals surface area contributed by atoms with Crippen molar-refractivity contribution in [3.8, 4) is 0 Å². The van der Waals surface area contributed by atoms with Crippen molar-refractivity contribution < 1.29 is 18.7 Å². The molecule has 1 N–H and O–H groups in total. The molecule has 0 bridgehead atoms. The summed E-state index contributed by atoms with van der Waals surface area (Å²) >= 11 is 0. The zero-order chi connectivity index (χ0) is 22.5. The zero-order valence-electron chi connectivity index (χ0n) is 17.5. The molecule has 0 radical (unpaired) electrons. The second-order valence-electron chi connectivity index (χ2n) is 7.45. The molecule has 32 heavy (non-hydrogen) atoms. The van der Waals surface area contributed by atoms with E-state index in [0.717, 1.165) is 24.4 Å². The molecule has 162 valence electrons. The van der Waals surface area contributed by atoms with E-state index in [1.807, 2.05) is 18.0 Å². The molecule has 1 unspecified atom stereocenters. The lowest BCUT2D eigenvalue weighted by Gasteiger charge is -2.19. The molecular formula is C25H22FN3O3. The number of esters is 1. The Morgan fingerprint density at radius 3 is 2.31 bits per heavy atom. The second kappa shape index (κ2) is 9.43. The van der Waals surface area contributed by atoms with Gasteiger partial charge in [0.1, 0.15) is 5.82 Å². The molecule has 3 aromatic rings. The van der Waals surface area contributed by atoms with Gasteiger partial charge >= 0.3 is 5.97 Å². The first-order valence-electron chi connectivity index (χ1n) is 10.2. The number of nitrogens with zero attached hydrogens (tertiary/aromatic N) is 2. The van der Waals surface area contributed by atoms with Gasteiger partial charge in [0.2, 0.25) is 6.10 Å². The number of carbonyl (C=O) groups is 2. The first-order valence-corrected chi connectivity index (χ1v) is 10.2. The van der Waals surface area contributed by atoms with E-state index in [2.05, 4.69) is 10.4 Å². The number of ether oxygens (including phenoxy) is 1. The summed E-state index contributed by atoms with van der Waals surface area (Å²) < 4.78 is 18.8. The summed E-state index contributed by atoms with van der Waals surface area (Å²) in [7, 11) is 0. The fourth-order valence-electron chi connectivity index (χ4n) is 3.35. The van der Waals surface area contributed by atoms with Crippen LogP contribution in [0.15, 0.2) is 84.0 Å². The summed E-state index contributed by atoms with van der Waals surface area (Å²) in [6.45, 7) is 2.78. The normalized spacial score (nSPS) is 13.9. The number of anilines is 2. The van der Waals surface area contributed by atoms with Crippen LogP contribution in [0.5, 0.6) is 0 Å². The van der Waals surface area contributed by atoms with Gasteiger partial charge < -0.3 is 10.1 Å². The van der Waals surface area contributed by atoms with Gasteiger partial charge in [0.05, 0.1) is 11.3 Å². The van der Waals surface area contributed by atoms with E-state index in [1.165, 1.54) is 24.3 Å². The van der Waals surface area contributed by atoms with Gasteiger partial charge in [-0.15, -0.1) is 0 Å².